The van der Waals surface area contributed by atoms with Gasteiger partial charge in [0.1, 0.15) is 11.3 Å². The van der Waals surface area contributed by atoms with Crippen molar-refractivity contribution in [3.8, 4) is 5.75 Å². The van der Waals surface area contributed by atoms with E-state index in [1.165, 1.54) is 20.8 Å². The maximum Gasteiger partial charge on any atom is 0.434 e. The van der Waals surface area contributed by atoms with Crippen molar-refractivity contribution in [2.24, 2.45) is 0 Å². The van der Waals surface area contributed by atoms with Crippen LogP contribution in [0.25, 0.3) is 0 Å². The van der Waals surface area contributed by atoms with E-state index in [0.29, 0.717) is 0 Å². The van der Waals surface area contributed by atoms with E-state index in [1.807, 2.05) is 0 Å². The molecule has 0 amide bonds. The fourth-order valence-corrected chi connectivity index (χ4v) is 2.03. The molecule has 0 saturated carbocycles. The molecule has 1 aromatic rings. The van der Waals surface area contributed by atoms with Gasteiger partial charge in [0.05, 0.1) is 13.2 Å². The molecule has 10 heteroatoms. The van der Waals surface area contributed by atoms with E-state index in [9.17, 15) is 31.1 Å². The second-order valence-corrected chi connectivity index (χ2v) is 5.00. The standard InChI is InChI=1S/C14H15F6NO3/c1-5-7-9(24-6(2)3)8(12(22)23-4)11(14(18,19)20)21-10(7)13(15,16)17/h6H,5H2,1-4H3. The van der Waals surface area contributed by atoms with Crippen molar-refractivity contribution in [3.63, 3.8) is 0 Å². The Bertz CT molecular complexity index is 622. The minimum atomic E-state index is -5.30. The summed E-state index contributed by atoms with van der Waals surface area (Å²) in [6.07, 6.45) is -11.6. The molecule has 0 spiro atoms. The van der Waals surface area contributed by atoms with Crippen LogP contribution in [0.2, 0.25) is 0 Å². The number of carbonyl (C=O) groups excluding carboxylic acids is 1. The summed E-state index contributed by atoms with van der Waals surface area (Å²) < 4.78 is 88.3. The van der Waals surface area contributed by atoms with Crippen LogP contribution in [0.1, 0.15) is 48.1 Å². The number of aromatic nitrogens is 1. The van der Waals surface area contributed by atoms with Gasteiger partial charge in [-0.15, -0.1) is 0 Å². The zero-order valence-corrected chi connectivity index (χ0v) is 13.2. The minimum Gasteiger partial charge on any atom is -0.490 e. The fourth-order valence-electron chi connectivity index (χ4n) is 2.03. The van der Waals surface area contributed by atoms with Gasteiger partial charge in [0.25, 0.3) is 0 Å². The van der Waals surface area contributed by atoms with Crippen LogP contribution < -0.4 is 4.74 Å². The SMILES string of the molecule is CCc1c(C(F)(F)F)nc(C(F)(F)F)c(C(=O)OC)c1OC(C)C. The first-order valence-corrected chi connectivity index (χ1v) is 6.80. The molecule has 0 aliphatic carbocycles. The van der Waals surface area contributed by atoms with Crippen LogP contribution in [0.4, 0.5) is 26.3 Å². The molecule has 0 N–H and O–H groups in total. The largest absolute Gasteiger partial charge is 0.490 e. The number of ether oxygens (including phenoxy) is 2. The van der Waals surface area contributed by atoms with Gasteiger partial charge >= 0.3 is 18.3 Å². The van der Waals surface area contributed by atoms with Gasteiger partial charge in [0.15, 0.2) is 11.4 Å². The highest BCUT2D eigenvalue weighted by molar-refractivity contribution is 5.94. The first-order chi connectivity index (χ1) is 10.8. The summed E-state index contributed by atoms with van der Waals surface area (Å²) in [6, 6.07) is 0. The van der Waals surface area contributed by atoms with Crippen LogP contribution in [0, 0.1) is 0 Å². The molecule has 1 heterocycles. The molecule has 0 radical (unpaired) electrons. The normalized spacial score (nSPS) is 12.5. The maximum atomic E-state index is 13.2. The Morgan fingerprint density at radius 1 is 1.08 bits per heavy atom. The average molecular weight is 359 g/mol. The van der Waals surface area contributed by atoms with Gasteiger partial charge in [-0.3, -0.25) is 0 Å². The lowest BCUT2D eigenvalue weighted by atomic mass is 10.0. The maximum absolute atomic E-state index is 13.2. The molecule has 0 saturated heterocycles. The predicted molar refractivity (Wildman–Crippen MR) is 70.7 cm³/mol. The monoisotopic (exact) mass is 359 g/mol. The van der Waals surface area contributed by atoms with Gasteiger partial charge in [0, 0.05) is 5.56 Å². The van der Waals surface area contributed by atoms with E-state index in [1.54, 1.807) is 0 Å². The molecule has 136 valence electrons. The van der Waals surface area contributed by atoms with Gasteiger partial charge in [0.2, 0.25) is 0 Å². The molecule has 0 fully saturated rings. The summed E-state index contributed by atoms with van der Waals surface area (Å²) in [4.78, 5) is 14.5. The summed E-state index contributed by atoms with van der Waals surface area (Å²) in [6.45, 7) is 4.09. The van der Waals surface area contributed by atoms with Crippen molar-refractivity contribution < 1.29 is 40.6 Å². The molecular weight excluding hydrogens is 344 g/mol. The quantitative estimate of drug-likeness (QED) is 0.596. The first kappa shape index (κ1) is 20.0. The van der Waals surface area contributed by atoms with Crippen LogP contribution in [0.15, 0.2) is 0 Å². The van der Waals surface area contributed by atoms with Gasteiger partial charge in [-0.2, -0.15) is 26.3 Å². The lowest BCUT2D eigenvalue weighted by Crippen LogP contribution is -2.25. The number of pyridine rings is 1. The first-order valence-electron chi connectivity index (χ1n) is 6.80. The van der Waals surface area contributed by atoms with Crippen molar-refractivity contribution in [1.29, 1.82) is 0 Å². The van der Waals surface area contributed by atoms with Gasteiger partial charge < -0.3 is 9.47 Å². The second-order valence-electron chi connectivity index (χ2n) is 5.00. The van der Waals surface area contributed by atoms with E-state index < -0.39 is 52.7 Å². The van der Waals surface area contributed by atoms with Crippen LogP contribution in [-0.2, 0) is 23.5 Å². The van der Waals surface area contributed by atoms with Gasteiger partial charge in [-0.25, -0.2) is 9.78 Å². The van der Waals surface area contributed by atoms with E-state index >= 15 is 0 Å². The van der Waals surface area contributed by atoms with E-state index in [2.05, 4.69) is 9.72 Å². The molecule has 0 aromatic carbocycles. The average Bonchev–Trinajstić information content (AvgIpc) is 2.42. The molecule has 0 unspecified atom stereocenters. The zero-order chi connectivity index (χ0) is 18.9. The van der Waals surface area contributed by atoms with Crippen molar-refractivity contribution in [2.45, 2.75) is 45.6 Å². The highest BCUT2D eigenvalue weighted by Gasteiger charge is 2.46. The van der Waals surface area contributed by atoms with Crippen LogP contribution in [0.5, 0.6) is 5.75 Å². The summed E-state index contributed by atoms with van der Waals surface area (Å²) in [7, 11) is 0.810. The van der Waals surface area contributed by atoms with Crippen LogP contribution in [-0.4, -0.2) is 24.2 Å². The Hall–Kier alpha value is -2.00. The third-order valence-corrected chi connectivity index (χ3v) is 2.88. The van der Waals surface area contributed by atoms with Crippen molar-refractivity contribution in [2.75, 3.05) is 7.11 Å². The Morgan fingerprint density at radius 3 is 1.92 bits per heavy atom. The lowest BCUT2D eigenvalue weighted by Gasteiger charge is -2.23. The molecule has 24 heavy (non-hydrogen) atoms. The Morgan fingerprint density at radius 2 is 1.58 bits per heavy atom. The second kappa shape index (κ2) is 6.86. The van der Waals surface area contributed by atoms with E-state index in [0.717, 1.165) is 7.11 Å². The van der Waals surface area contributed by atoms with Crippen LogP contribution >= 0.6 is 0 Å². The third kappa shape index (κ3) is 4.09. The Balaban J connectivity index is 3.99. The molecule has 0 aliphatic rings. The fraction of sp³-hybridized carbons (Fsp3) is 0.571. The van der Waals surface area contributed by atoms with Gasteiger partial charge in [-0.1, -0.05) is 6.92 Å². The summed E-state index contributed by atoms with van der Waals surface area (Å²) in [5.41, 5.74) is -5.52. The summed E-state index contributed by atoms with van der Waals surface area (Å²) in [5.74, 6) is -2.29. The van der Waals surface area contributed by atoms with Crippen LogP contribution in [0.3, 0.4) is 0 Å². The number of methoxy groups -OCH3 is 1. The number of hydrogen-bond donors (Lipinski definition) is 0. The van der Waals surface area contributed by atoms with Crippen molar-refractivity contribution in [3.05, 3.63) is 22.5 Å². The molecule has 1 rings (SSSR count). The molecule has 4 nitrogen and oxygen atoms in total. The third-order valence-electron chi connectivity index (χ3n) is 2.88. The van der Waals surface area contributed by atoms with E-state index in [-0.39, 0.29) is 6.42 Å². The summed E-state index contributed by atoms with van der Waals surface area (Å²) in [5, 5.41) is 0. The minimum absolute atomic E-state index is 0.341. The molecule has 0 aliphatic heterocycles. The number of carbonyl (C=O) groups is 1. The van der Waals surface area contributed by atoms with Crippen molar-refractivity contribution >= 4 is 5.97 Å². The molecule has 0 bridgehead atoms. The number of rotatable bonds is 4. The van der Waals surface area contributed by atoms with Gasteiger partial charge in [-0.05, 0) is 20.3 Å². The number of esters is 1. The Labute approximate surface area is 133 Å². The molecule has 1 aromatic heterocycles. The number of halogens is 6. The van der Waals surface area contributed by atoms with Crippen molar-refractivity contribution in [1.82, 2.24) is 4.98 Å². The number of alkyl halides is 6. The topological polar surface area (TPSA) is 48.4 Å². The lowest BCUT2D eigenvalue weighted by molar-refractivity contribution is -0.151. The summed E-state index contributed by atoms with van der Waals surface area (Å²) >= 11 is 0. The molecule has 0 atom stereocenters. The predicted octanol–water partition coefficient (Wildman–Crippen LogP) is 4.26. The number of hydrogen-bond acceptors (Lipinski definition) is 4. The number of nitrogens with zero attached hydrogens (tertiary/aromatic N) is 1. The zero-order valence-electron chi connectivity index (χ0n) is 13.2. The smallest absolute Gasteiger partial charge is 0.434 e. The Kier molecular flexibility index (Phi) is 5.73. The highest BCUT2D eigenvalue weighted by Crippen LogP contribution is 2.43. The molecular formula is C14H15F6NO3. The highest BCUT2D eigenvalue weighted by atomic mass is 19.4. The van der Waals surface area contributed by atoms with E-state index in [4.69, 9.17) is 4.74 Å².